The van der Waals surface area contributed by atoms with Gasteiger partial charge in [-0.1, -0.05) is 18.2 Å². The van der Waals surface area contributed by atoms with Gasteiger partial charge in [-0.25, -0.2) is 0 Å². The zero-order valence-corrected chi connectivity index (χ0v) is 12.0. The SMILES string of the molecule is CC1c2cc3c4ccccc4n(C)c3cc2-n2ncc[n+]21. The van der Waals surface area contributed by atoms with Crippen LogP contribution < -0.4 is 4.68 Å². The van der Waals surface area contributed by atoms with Crippen LogP contribution in [0.15, 0.2) is 48.8 Å². The largest absolute Gasteiger partial charge is 0.344 e. The third-order valence-corrected chi connectivity index (χ3v) is 4.74. The van der Waals surface area contributed by atoms with E-state index in [0.29, 0.717) is 6.04 Å². The number of rotatable bonds is 0. The number of para-hydroxylation sites is 1. The minimum absolute atomic E-state index is 0.325. The van der Waals surface area contributed by atoms with Gasteiger partial charge < -0.3 is 4.57 Å². The Kier molecular flexibility index (Phi) is 1.86. The quantitative estimate of drug-likeness (QED) is 0.453. The average molecular weight is 275 g/mol. The number of benzene rings is 2. The van der Waals surface area contributed by atoms with Crippen LogP contribution in [0.1, 0.15) is 18.5 Å². The molecule has 4 heteroatoms. The maximum absolute atomic E-state index is 4.45. The van der Waals surface area contributed by atoms with Crippen molar-refractivity contribution in [2.45, 2.75) is 13.0 Å². The number of fused-ring (bicyclic) bond motifs is 6. The Morgan fingerprint density at radius 3 is 2.86 bits per heavy atom. The molecule has 4 nitrogen and oxygen atoms in total. The van der Waals surface area contributed by atoms with Crippen molar-refractivity contribution >= 4 is 21.8 Å². The van der Waals surface area contributed by atoms with Crippen LogP contribution in [0.3, 0.4) is 0 Å². The molecule has 2 aromatic heterocycles. The molecule has 0 amide bonds. The van der Waals surface area contributed by atoms with Gasteiger partial charge in [0.1, 0.15) is 11.7 Å². The predicted molar refractivity (Wildman–Crippen MR) is 81.6 cm³/mol. The average Bonchev–Trinajstić information content (AvgIpc) is 3.16. The molecule has 0 spiro atoms. The van der Waals surface area contributed by atoms with Crippen LogP contribution in [0.25, 0.3) is 27.5 Å². The van der Waals surface area contributed by atoms with Crippen LogP contribution in [0, 0.1) is 0 Å². The number of aryl methyl sites for hydroxylation is 1. The molecule has 2 aromatic carbocycles. The second kappa shape index (κ2) is 3.52. The lowest BCUT2D eigenvalue weighted by Crippen LogP contribution is -2.40. The van der Waals surface area contributed by atoms with Crippen LogP contribution in [0.2, 0.25) is 0 Å². The zero-order chi connectivity index (χ0) is 14.1. The maximum Gasteiger partial charge on any atom is 0.206 e. The summed E-state index contributed by atoms with van der Waals surface area (Å²) in [5, 5.41) is 7.09. The van der Waals surface area contributed by atoms with Crippen LogP contribution >= 0.6 is 0 Å². The fraction of sp³-hybridized carbons (Fsp3) is 0.176. The minimum Gasteiger partial charge on any atom is -0.344 e. The van der Waals surface area contributed by atoms with Crippen LogP contribution in [0.4, 0.5) is 0 Å². The van der Waals surface area contributed by atoms with Gasteiger partial charge in [-0.05, 0) is 29.9 Å². The Hall–Kier alpha value is -2.62. The second-order valence-electron chi connectivity index (χ2n) is 5.76. The van der Waals surface area contributed by atoms with E-state index < -0.39 is 0 Å². The highest BCUT2D eigenvalue weighted by Crippen LogP contribution is 2.35. The van der Waals surface area contributed by atoms with Gasteiger partial charge in [-0.2, -0.15) is 0 Å². The van der Waals surface area contributed by atoms with Gasteiger partial charge in [-0.15, -0.1) is 4.68 Å². The summed E-state index contributed by atoms with van der Waals surface area (Å²) in [6, 6.07) is 13.5. The Morgan fingerprint density at radius 2 is 1.95 bits per heavy atom. The fourth-order valence-corrected chi connectivity index (χ4v) is 3.62. The van der Waals surface area contributed by atoms with Crippen molar-refractivity contribution < 1.29 is 4.68 Å². The molecule has 0 radical (unpaired) electrons. The standard InChI is InChI=1S/C17H15N4/c1-11-13-9-14-12-5-3-4-6-15(12)19(2)16(14)10-17(13)21-18-7-8-20(11)21/h3-11H,1-2H3/q+1. The van der Waals surface area contributed by atoms with Crippen molar-refractivity contribution in [2.75, 3.05) is 0 Å². The van der Waals surface area contributed by atoms with Gasteiger partial charge in [0.25, 0.3) is 0 Å². The smallest absolute Gasteiger partial charge is 0.206 e. The molecule has 1 aliphatic rings. The molecule has 1 aliphatic heterocycles. The minimum atomic E-state index is 0.325. The Balaban J connectivity index is 1.97. The lowest BCUT2D eigenvalue weighted by Gasteiger charge is -2.02. The maximum atomic E-state index is 4.45. The summed E-state index contributed by atoms with van der Waals surface area (Å²) in [5.41, 5.74) is 5.06. The van der Waals surface area contributed by atoms with Gasteiger partial charge in [0, 0.05) is 34.0 Å². The van der Waals surface area contributed by atoms with Crippen molar-refractivity contribution in [3.05, 3.63) is 54.4 Å². The first-order chi connectivity index (χ1) is 10.3. The zero-order valence-electron chi connectivity index (χ0n) is 12.0. The molecule has 4 aromatic rings. The van der Waals surface area contributed by atoms with Crippen molar-refractivity contribution in [1.82, 2.24) is 14.5 Å². The van der Waals surface area contributed by atoms with E-state index in [1.54, 1.807) is 0 Å². The van der Waals surface area contributed by atoms with E-state index in [0.717, 1.165) is 0 Å². The highest BCUT2D eigenvalue weighted by Gasteiger charge is 2.32. The first kappa shape index (κ1) is 11.1. The van der Waals surface area contributed by atoms with E-state index in [9.17, 15) is 0 Å². The van der Waals surface area contributed by atoms with E-state index in [1.165, 1.54) is 33.1 Å². The summed E-state index contributed by atoms with van der Waals surface area (Å²) in [6.45, 7) is 2.22. The fourth-order valence-electron chi connectivity index (χ4n) is 3.62. The molecule has 102 valence electrons. The van der Waals surface area contributed by atoms with Crippen LogP contribution in [-0.2, 0) is 7.05 Å². The summed E-state index contributed by atoms with van der Waals surface area (Å²) in [5.74, 6) is 0. The van der Waals surface area contributed by atoms with Gasteiger partial charge >= 0.3 is 0 Å². The monoisotopic (exact) mass is 275 g/mol. The molecule has 0 bridgehead atoms. The third-order valence-electron chi connectivity index (χ3n) is 4.74. The molecule has 1 unspecified atom stereocenters. The first-order valence-corrected chi connectivity index (χ1v) is 7.22. The third kappa shape index (κ3) is 1.21. The highest BCUT2D eigenvalue weighted by atomic mass is 15.6. The van der Waals surface area contributed by atoms with Gasteiger partial charge in [0.15, 0.2) is 6.20 Å². The summed E-state index contributed by atoms with van der Waals surface area (Å²) in [4.78, 5) is 2.00. The lowest BCUT2D eigenvalue weighted by molar-refractivity contribution is -0.774. The Morgan fingerprint density at radius 1 is 1.10 bits per heavy atom. The van der Waals surface area contributed by atoms with E-state index >= 15 is 0 Å². The number of hydrogen-bond acceptors (Lipinski definition) is 1. The summed E-state index contributed by atoms with van der Waals surface area (Å²) in [7, 11) is 2.13. The number of aromatic nitrogens is 4. The lowest BCUT2D eigenvalue weighted by atomic mass is 10.0. The molecule has 0 fully saturated rings. The highest BCUT2D eigenvalue weighted by molar-refractivity contribution is 6.08. The molecule has 0 saturated carbocycles. The van der Waals surface area contributed by atoms with Crippen LogP contribution in [0.5, 0.6) is 0 Å². The number of hydrogen-bond donors (Lipinski definition) is 0. The van der Waals surface area contributed by atoms with E-state index in [2.05, 4.69) is 64.7 Å². The van der Waals surface area contributed by atoms with Crippen LogP contribution in [-0.4, -0.2) is 14.5 Å². The molecule has 21 heavy (non-hydrogen) atoms. The van der Waals surface area contributed by atoms with Crippen molar-refractivity contribution in [2.24, 2.45) is 7.05 Å². The molecule has 5 rings (SSSR count). The predicted octanol–water partition coefficient (Wildman–Crippen LogP) is 2.73. The first-order valence-electron chi connectivity index (χ1n) is 7.22. The molecule has 0 saturated heterocycles. The topological polar surface area (TPSA) is 26.6 Å². The van der Waals surface area contributed by atoms with Gasteiger partial charge in [-0.3, -0.25) is 0 Å². The van der Waals surface area contributed by atoms with Gasteiger partial charge in [0.05, 0.1) is 5.52 Å². The van der Waals surface area contributed by atoms with E-state index in [1.807, 2.05) is 17.2 Å². The van der Waals surface area contributed by atoms with E-state index in [4.69, 9.17) is 0 Å². The van der Waals surface area contributed by atoms with E-state index in [-0.39, 0.29) is 0 Å². The number of nitrogens with zero attached hydrogens (tertiary/aromatic N) is 4. The second-order valence-corrected chi connectivity index (χ2v) is 5.76. The molecule has 3 heterocycles. The Labute approximate surface area is 121 Å². The molecule has 0 aliphatic carbocycles. The summed E-state index contributed by atoms with van der Waals surface area (Å²) >= 11 is 0. The van der Waals surface area contributed by atoms with Gasteiger partial charge in [0.2, 0.25) is 6.20 Å². The molecule has 1 atom stereocenters. The van der Waals surface area contributed by atoms with Crippen molar-refractivity contribution in [1.29, 1.82) is 0 Å². The Bertz CT molecular complexity index is 1020. The summed E-state index contributed by atoms with van der Waals surface area (Å²) in [6.07, 6.45) is 3.89. The molecular weight excluding hydrogens is 260 g/mol. The van der Waals surface area contributed by atoms with Crippen molar-refractivity contribution in [3.8, 4) is 5.69 Å². The molecular formula is C17H15N4+. The van der Waals surface area contributed by atoms with Crippen molar-refractivity contribution in [3.63, 3.8) is 0 Å². The molecule has 0 N–H and O–H groups in total. The normalized spacial score (nSPS) is 16.6. The summed E-state index contributed by atoms with van der Waals surface area (Å²) < 4.78 is 4.44.